The summed E-state index contributed by atoms with van der Waals surface area (Å²) in [7, 11) is 0. The molecular formula is C14H11N3O7. The summed E-state index contributed by atoms with van der Waals surface area (Å²) < 4.78 is 0. The third-order valence-corrected chi connectivity index (χ3v) is 3.83. The van der Waals surface area contributed by atoms with Gasteiger partial charge in [0.25, 0.3) is 11.8 Å². The van der Waals surface area contributed by atoms with Crippen LogP contribution in [0.25, 0.3) is 0 Å². The standard InChI is InChI=1S/C14H11N3O7/c18-7-3-1-5(9-10(7)13(22)16-12(9)21)17(14(23)24)6-2-4-8(19)15-11(6)20/h1,3,6,18H,2,4H2,(H,23,24)(H,15,19,20)(H,16,21,22). The number of aromatic hydroxyl groups is 1. The average Bonchev–Trinajstić information content (AvgIpc) is 2.79. The van der Waals surface area contributed by atoms with Crippen molar-refractivity contribution >= 4 is 35.4 Å². The maximum Gasteiger partial charge on any atom is 0.412 e. The molecular weight excluding hydrogens is 322 g/mol. The third kappa shape index (κ3) is 2.24. The lowest BCUT2D eigenvalue weighted by Crippen LogP contribution is -2.54. The van der Waals surface area contributed by atoms with Crippen LogP contribution in [0.5, 0.6) is 5.75 Å². The van der Waals surface area contributed by atoms with Gasteiger partial charge in [0.1, 0.15) is 11.8 Å². The fraction of sp³-hybridized carbons (Fsp3) is 0.214. The number of carbonyl (C=O) groups is 5. The summed E-state index contributed by atoms with van der Waals surface area (Å²) in [6.07, 6.45) is -1.67. The van der Waals surface area contributed by atoms with Crippen LogP contribution in [0.2, 0.25) is 0 Å². The molecule has 10 heteroatoms. The Morgan fingerprint density at radius 2 is 1.75 bits per heavy atom. The van der Waals surface area contributed by atoms with Crippen LogP contribution in [0.3, 0.4) is 0 Å². The monoisotopic (exact) mass is 333 g/mol. The number of benzene rings is 1. The molecule has 1 fully saturated rings. The number of carboxylic acid groups (broad SMARTS) is 1. The van der Waals surface area contributed by atoms with E-state index in [4.69, 9.17) is 0 Å². The summed E-state index contributed by atoms with van der Waals surface area (Å²) >= 11 is 0. The topological polar surface area (TPSA) is 153 Å². The van der Waals surface area contributed by atoms with E-state index >= 15 is 0 Å². The van der Waals surface area contributed by atoms with Crippen molar-refractivity contribution in [2.45, 2.75) is 18.9 Å². The van der Waals surface area contributed by atoms with E-state index in [1.165, 1.54) is 0 Å². The van der Waals surface area contributed by atoms with Crippen molar-refractivity contribution in [1.82, 2.24) is 10.6 Å². The van der Waals surface area contributed by atoms with Crippen LogP contribution in [-0.2, 0) is 9.59 Å². The van der Waals surface area contributed by atoms with Gasteiger partial charge in [-0.05, 0) is 18.6 Å². The molecule has 1 aromatic carbocycles. The number of carbonyl (C=O) groups excluding carboxylic acids is 4. The zero-order valence-corrected chi connectivity index (χ0v) is 12.0. The number of imide groups is 2. The van der Waals surface area contributed by atoms with E-state index in [1.807, 2.05) is 10.6 Å². The summed E-state index contributed by atoms with van der Waals surface area (Å²) in [5.74, 6) is -3.56. The Balaban J connectivity index is 2.13. The van der Waals surface area contributed by atoms with Gasteiger partial charge in [-0.1, -0.05) is 0 Å². The Bertz CT molecular complexity index is 817. The molecule has 5 amide bonds. The van der Waals surface area contributed by atoms with E-state index in [0.29, 0.717) is 4.90 Å². The quantitative estimate of drug-likeness (QED) is 0.535. The van der Waals surface area contributed by atoms with Crippen molar-refractivity contribution in [3.05, 3.63) is 23.3 Å². The number of fused-ring (bicyclic) bond motifs is 1. The van der Waals surface area contributed by atoms with Crippen LogP contribution >= 0.6 is 0 Å². The number of anilines is 1. The van der Waals surface area contributed by atoms with E-state index in [0.717, 1.165) is 12.1 Å². The first-order valence-electron chi connectivity index (χ1n) is 6.88. The SMILES string of the molecule is O=C1CCC(N(C(=O)O)c2ccc(O)c3c2C(=O)NC3=O)C(=O)N1. The van der Waals surface area contributed by atoms with Crippen molar-refractivity contribution in [2.24, 2.45) is 0 Å². The summed E-state index contributed by atoms with van der Waals surface area (Å²) in [6, 6.07) is 0.954. The number of hydrogen-bond donors (Lipinski definition) is 4. The van der Waals surface area contributed by atoms with Gasteiger partial charge in [0.2, 0.25) is 11.8 Å². The van der Waals surface area contributed by atoms with Crippen LogP contribution < -0.4 is 15.5 Å². The zero-order chi connectivity index (χ0) is 17.6. The largest absolute Gasteiger partial charge is 0.507 e. The smallest absolute Gasteiger partial charge is 0.412 e. The van der Waals surface area contributed by atoms with Crippen molar-refractivity contribution in [2.75, 3.05) is 4.90 Å². The second-order valence-corrected chi connectivity index (χ2v) is 5.26. The number of phenols is 1. The van der Waals surface area contributed by atoms with Gasteiger partial charge in [-0.3, -0.25) is 34.7 Å². The van der Waals surface area contributed by atoms with Crippen LogP contribution in [0.1, 0.15) is 33.6 Å². The van der Waals surface area contributed by atoms with Gasteiger partial charge in [0.15, 0.2) is 0 Å². The zero-order valence-electron chi connectivity index (χ0n) is 12.0. The van der Waals surface area contributed by atoms with Crippen LogP contribution in [0.15, 0.2) is 12.1 Å². The third-order valence-electron chi connectivity index (χ3n) is 3.83. The normalized spacial score (nSPS) is 19.6. The second kappa shape index (κ2) is 5.33. The molecule has 24 heavy (non-hydrogen) atoms. The van der Waals surface area contributed by atoms with Gasteiger partial charge in [-0.25, -0.2) is 4.79 Å². The van der Waals surface area contributed by atoms with Crippen molar-refractivity contribution in [1.29, 1.82) is 0 Å². The molecule has 2 aliphatic rings. The van der Waals surface area contributed by atoms with Gasteiger partial charge in [-0.2, -0.15) is 0 Å². The minimum atomic E-state index is -1.54. The van der Waals surface area contributed by atoms with Crippen molar-refractivity contribution in [3.8, 4) is 5.75 Å². The van der Waals surface area contributed by atoms with Crippen molar-refractivity contribution in [3.63, 3.8) is 0 Å². The highest BCUT2D eigenvalue weighted by Gasteiger charge is 2.41. The number of phenolic OH excluding ortho intramolecular Hbond substituents is 1. The maximum absolute atomic E-state index is 12.0. The molecule has 0 bridgehead atoms. The minimum absolute atomic E-state index is 0.0639. The number of hydrogen-bond acceptors (Lipinski definition) is 6. The van der Waals surface area contributed by atoms with Gasteiger partial charge in [-0.15, -0.1) is 0 Å². The van der Waals surface area contributed by atoms with Gasteiger partial charge < -0.3 is 10.2 Å². The Hall–Kier alpha value is -3.43. The molecule has 1 unspecified atom stereocenters. The predicted octanol–water partition coefficient (Wildman–Crippen LogP) is -0.435. The summed E-state index contributed by atoms with van der Waals surface area (Å²) in [5.41, 5.74) is -0.892. The molecule has 1 aromatic rings. The highest BCUT2D eigenvalue weighted by atomic mass is 16.4. The molecule has 0 radical (unpaired) electrons. The average molecular weight is 333 g/mol. The lowest BCUT2D eigenvalue weighted by atomic mass is 10.0. The molecule has 124 valence electrons. The number of amides is 5. The molecule has 3 rings (SSSR count). The molecule has 1 saturated heterocycles. The van der Waals surface area contributed by atoms with Crippen molar-refractivity contribution < 1.29 is 34.2 Å². The first-order chi connectivity index (χ1) is 11.3. The van der Waals surface area contributed by atoms with Gasteiger partial charge in [0, 0.05) is 6.42 Å². The van der Waals surface area contributed by atoms with E-state index in [2.05, 4.69) is 0 Å². The Morgan fingerprint density at radius 3 is 2.38 bits per heavy atom. The Morgan fingerprint density at radius 1 is 1.08 bits per heavy atom. The van der Waals surface area contributed by atoms with Crippen LogP contribution in [-0.4, -0.2) is 46.0 Å². The Kier molecular flexibility index (Phi) is 3.44. The number of piperidine rings is 1. The first-order valence-corrected chi connectivity index (χ1v) is 6.88. The molecule has 2 heterocycles. The molecule has 0 spiro atoms. The second-order valence-electron chi connectivity index (χ2n) is 5.26. The van der Waals surface area contributed by atoms with E-state index in [9.17, 15) is 34.2 Å². The molecule has 4 N–H and O–H groups in total. The van der Waals surface area contributed by atoms with E-state index < -0.39 is 41.5 Å². The first kappa shape index (κ1) is 15.5. The summed E-state index contributed by atoms with van der Waals surface area (Å²) in [4.78, 5) is 59.2. The van der Waals surface area contributed by atoms with Gasteiger partial charge in [0.05, 0.1) is 16.8 Å². The lowest BCUT2D eigenvalue weighted by molar-refractivity contribution is -0.134. The molecule has 10 nitrogen and oxygen atoms in total. The fourth-order valence-electron chi connectivity index (χ4n) is 2.80. The number of nitrogens with zero attached hydrogens (tertiary/aromatic N) is 1. The summed E-state index contributed by atoms with van der Waals surface area (Å²) in [5, 5.41) is 23.3. The highest BCUT2D eigenvalue weighted by Crippen LogP contribution is 2.35. The molecule has 0 saturated carbocycles. The molecule has 2 aliphatic heterocycles. The van der Waals surface area contributed by atoms with Gasteiger partial charge >= 0.3 is 6.09 Å². The van der Waals surface area contributed by atoms with Crippen LogP contribution in [0, 0.1) is 0 Å². The fourth-order valence-corrected chi connectivity index (χ4v) is 2.80. The van der Waals surface area contributed by atoms with E-state index in [1.54, 1.807) is 0 Å². The molecule has 0 aromatic heterocycles. The lowest BCUT2D eigenvalue weighted by Gasteiger charge is -2.31. The van der Waals surface area contributed by atoms with Crippen LogP contribution in [0.4, 0.5) is 10.5 Å². The molecule has 0 aliphatic carbocycles. The predicted molar refractivity (Wildman–Crippen MR) is 76.6 cm³/mol. The number of rotatable bonds is 2. The minimum Gasteiger partial charge on any atom is -0.507 e. The maximum atomic E-state index is 12.0. The van der Waals surface area contributed by atoms with E-state index in [-0.39, 0.29) is 29.7 Å². The Labute approximate surface area is 134 Å². The number of nitrogens with one attached hydrogen (secondary N) is 2. The highest BCUT2D eigenvalue weighted by molar-refractivity contribution is 6.26. The molecule has 1 atom stereocenters. The summed E-state index contributed by atoms with van der Waals surface area (Å²) in [6.45, 7) is 0.